The number of hydrogen-bond donors (Lipinski definition) is 1. The number of ether oxygens (including phenoxy) is 2. The molecule has 0 radical (unpaired) electrons. The summed E-state index contributed by atoms with van der Waals surface area (Å²) in [4.78, 5) is 25.8. The molecule has 0 bridgehead atoms. The number of nitrogens with zero attached hydrogens (tertiary/aromatic N) is 1. The lowest BCUT2D eigenvalue weighted by Gasteiger charge is -2.21. The highest BCUT2D eigenvalue weighted by atomic mass is 35.5. The van der Waals surface area contributed by atoms with Crippen molar-refractivity contribution in [1.82, 2.24) is 5.32 Å². The summed E-state index contributed by atoms with van der Waals surface area (Å²) in [7, 11) is 3.04. The van der Waals surface area contributed by atoms with Crippen molar-refractivity contribution < 1.29 is 19.1 Å². The normalized spacial score (nSPS) is 10.2. The molecule has 0 unspecified atom stereocenters. The van der Waals surface area contributed by atoms with E-state index in [0.29, 0.717) is 35.2 Å². The van der Waals surface area contributed by atoms with Crippen molar-refractivity contribution in [1.29, 1.82) is 0 Å². The Kier molecular flexibility index (Phi) is 6.86. The fourth-order valence-corrected chi connectivity index (χ4v) is 2.58. The van der Waals surface area contributed by atoms with Crippen LogP contribution in [0.5, 0.6) is 11.5 Å². The first-order chi connectivity index (χ1) is 12.5. The minimum atomic E-state index is -0.259. The van der Waals surface area contributed by atoms with Crippen molar-refractivity contribution in [3.63, 3.8) is 0 Å². The highest BCUT2D eigenvalue weighted by molar-refractivity contribution is 6.30. The van der Waals surface area contributed by atoms with Gasteiger partial charge in [0.05, 0.1) is 14.2 Å². The van der Waals surface area contributed by atoms with Gasteiger partial charge >= 0.3 is 0 Å². The molecule has 2 aromatic rings. The van der Waals surface area contributed by atoms with Gasteiger partial charge in [0.2, 0.25) is 5.91 Å². The molecule has 0 aliphatic rings. The number of hydrogen-bond acceptors (Lipinski definition) is 4. The Morgan fingerprint density at radius 3 is 2.27 bits per heavy atom. The van der Waals surface area contributed by atoms with Crippen LogP contribution in [0.1, 0.15) is 17.3 Å². The molecule has 1 N–H and O–H groups in total. The van der Waals surface area contributed by atoms with Gasteiger partial charge < -0.3 is 19.7 Å². The smallest absolute Gasteiger partial charge is 0.251 e. The van der Waals surface area contributed by atoms with Gasteiger partial charge in [-0.05, 0) is 42.5 Å². The van der Waals surface area contributed by atoms with Crippen LogP contribution in [0.2, 0.25) is 5.02 Å². The fourth-order valence-electron chi connectivity index (χ4n) is 2.45. The average molecular weight is 377 g/mol. The van der Waals surface area contributed by atoms with Crippen LogP contribution in [0, 0.1) is 0 Å². The number of rotatable bonds is 7. The van der Waals surface area contributed by atoms with E-state index in [-0.39, 0.29) is 11.8 Å². The summed E-state index contributed by atoms with van der Waals surface area (Å²) in [5.74, 6) is 0.652. The fraction of sp³-hybridized carbons (Fsp3) is 0.263. The average Bonchev–Trinajstić information content (AvgIpc) is 2.65. The van der Waals surface area contributed by atoms with E-state index in [0.717, 1.165) is 5.69 Å². The van der Waals surface area contributed by atoms with Gasteiger partial charge in [0.1, 0.15) is 0 Å². The SMILES string of the molecule is COc1ccc(C(=O)NCCN(C(C)=O)c2ccc(Cl)cc2)cc1OC. The predicted molar refractivity (Wildman–Crippen MR) is 101 cm³/mol. The number of halogens is 1. The van der Waals surface area contributed by atoms with E-state index >= 15 is 0 Å². The summed E-state index contributed by atoms with van der Waals surface area (Å²) >= 11 is 5.88. The van der Waals surface area contributed by atoms with Gasteiger partial charge in [-0.2, -0.15) is 0 Å². The third-order valence-corrected chi connectivity index (χ3v) is 4.04. The van der Waals surface area contributed by atoms with Gasteiger partial charge in [0.25, 0.3) is 5.91 Å². The molecule has 0 saturated carbocycles. The van der Waals surface area contributed by atoms with E-state index in [1.807, 2.05) is 0 Å². The molecule has 6 nitrogen and oxygen atoms in total. The molecule has 0 atom stereocenters. The number of methoxy groups -OCH3 is 2. The standard InChI is InChI=1S/C19H21ClN2O4/c1-13(23)22(16-7-5-15(20)6-8-16)11-10-21-19(24)14-4-9-17(25-2)18(12-14)26-3/h4-9,12H,10-11H2,1-3H3,(H,21,24). The van der Waals surface area contributed by atoms with Gasteiger partial charge in [0, 0.05) is 36.3 Å². The molecule has 0 aliphatic heterocycles. The molecule has 0 heterocycles. The second-order valence-corrected chi connectivity index (χ2v) is 5.91. The topological polar surface area (TPSA) is 67.9 Å². The number of carbonyl (C=O) groups excluding carboxylic acids is 2. The van der Waals surface area contributed by atoms with E-state index < -0.39 is 0 Å². The molecular formula is C19H21ClN2O4. The molecule has 2 aromatic carbocycles. The lowest BCUT2D eigenvalue weighted by molar-refractivity contribution is -0.116. The number of benzene rings is 2. The first-order valence-corrected chi connectivity index (χ1v) is 8.38. The van der Waals surface area contributed by atoms with Gasteiger partial charge in [-0.3, -0.25) is 9.59 Å². The van der Waals surface area contributed by atoms with Crippen molar-refractivity contribution >= 4 is 29.1 Å². The van der Waals surface area contributed by atoms with Crippen LogP contribution in [0.4, 0.5) is 5.69 Å². The van der Waals surface area contributed by atoms with Crippen LogP contribution in [-0.2, 0) is 4.79 Å². The second kappa shape index (κ2) is 9.10. The summed E-state index contributed by atoms with van der Waals surface area (Å²) in [5, 5.41) is 3.40. The molecule has 0 aliphatic carbocycles. The highest BCUT2D eigenvalue weighted by Crippen LogP contribution is 2.27. The Morgan fingerprint density at radius 2 is 1.69 bits per heavy atom. The quantitative estimate of drug-likeness (QED) is 0.806. The molecular weight excluding hydrogens is 356 g/mol. The summed E-state index contributed by atoms with van der Waals surface area (Å²) in [6.07, 6.45) is 0. The van der Waals surface area contributed by atoms with Gasteiger partial charge in [0.15, 0.2) is 11.5 Å². The van der Waals surface area contributed by atoms with Crippen molar-refractivity contribution in [2.45, 2.75) is 6.92 Å². The van der Waals surface area contributed by atoms with Crippen LogP contribution in [-0.4, -0.2) is 39.1 Å². The first-order valence-electron chi connectivity index (χ1n) is 8.00. The van der Waals surface area contributed by atoms with Crippen LogP contribution in [0.25, 0.3) is 0 Å². The maximum atomic E-state index is 12.3. The van der Waals surface area contributed by atoms with E-state index in [9.17, 15) is 9.59 Å². The van der Waals surface area contributed by atoms with Crippen molar-refractivity contribution in [3.8, 4) is 11.5 Å². The lowest BCUT2D eigenvalue weighted by atomic mass is 10.2. The molecule has 7 heteroatoms. The van der Waals surface area contributed by atoms with E-state index in [1.165, 1.54) is 21.1 Å². The third kappa shape index (κ3) is 4.89. The zero-order chi connectivity index (χ0) is 19.1. The molecule has 0 spiro atoms. The summed E-state index contributed by atoms with van der Waals surface area (Å²) in [6.45, 7) is 2.12. The summed E-state index contributed by atoms with van der Waals surface area (Å²) in [6, 6.07) is 11.9. The Labute approximate surface area is 157 Å². The van der Waals surface area contributed by atoms with E-state index in [1.54, 1.807) is 47.4 Å². The third-order valence-electron chi connectivity index (χ3n) is 3.79. The maximum Gasteiger partial charge on any atom is 0.251 e. The zero-order valence-corrected chi connectivity index (χ0v) is 15.7. The highest BCUT2D eigenvalue weighted by Gasteiger charge is 2.13. The number of amides is 2. The first kappa shape index (κ1) is 19.6. The Hall–Kier alpha value is -2.73. The molecule has 0 fully saturated rings. The van der Waals surface area contributed by atoms with E-state index in [2.05, 4.69) is 5.32 Å². The molecule has 2 amide bonds. The van der Waals surface area contributed by atoms with Crippen molar-refractivity contribution in [2.75, 3.05) is 32.2 Å². The summed E-state index contributed by atoms with van der Waals surface area (Å²) < 4.78 is 10.4. The zero-order valence-electron chi connectivity index (χ0n) is 14.9. The number of anilines is 1. The Balaban J connectivity index is 1.99. The van der Waals surface area contributed by atoms with Crippen LogP contribution >= 0.6 is 11.6 Å². The van der Waals surface area contributed by atoms with E-state index in [4.69, 9.17) is 21.1 Å². The van der Waals surface area contributed by atoms with Crippen molar-refractivity contribution in [3.05, 3.63) is 53.1 Å². The molecule has 2 rings (SSSR count). The van der Waals surface area contributed by atoms with Gasteiger partial charge in [-0.1, -0.05) is 11.6 Å². The molecule has 0 saturated heterocycles. The van der Waals surface area contributed by atoms with Gasteiger partial charge in [-0.15, -0.1) is 0 Å². The van der Waals surface area contributed by atoms with Crippen LogP contribution < -0.4 is 19.7 Å². The number of nitrogens with one attached hydrogen (secondary N) is 1. The second-order valence-electron chi connectivity index (χ2n) is 5.47. The Bertz CT molecular complexity index is 778. The predicted octanol–water partition coefficient (Wildman–Crippen LogP) is 3.14. The molecule has 26 heavy (non-hydrogen) atoms. The maximum absolute atomic E-state index is 12.3. The Morgan fingerprint density at radius 1 is 1.04 bits per heavy atom. The minimum Gasteiger partial charge on any atom is -0.493 e. The van der Waals surface area contributed by atoms with Crippen molar-refractivity contribution in [2.24, 2.45) is 0 Å². The minimum absolute atomic E-state index is 0.118. The lowest BCUT2D eigenvalue weighted by Crippen LogP contribution is -2.37. The van der Waals surface area contributed by atoms with Crippen LogP contribution in [0.3, 0.4) is 0 Å². The largest absolute Gasteiger partial charge is 0.493 e. The number of carbonyl (C=O) groups is 2. The monoisotopic (exact) mass is 376 g/mol. The van der Waals surface area contributed by atoms with Gasteiger partial charge in [-0.25, -0.2) is 0 Å². The van der Waals surface area contributed by atoms with Crippen LogP contribution in [0.15, 0.2) is 42.5 Å². The molecule has 138 valence electrons. The summed E-state index contributed by atoms with van der Waals surface area (Å²) in [5.41, 5.74) is 1.17. The molecule has 0 aromatic heterocycles.